The van der Waals surface area contributed by atoms with E-state index in [1.807, 2.05) is 6.92 Å². The number of imidazole rings is 1. The molecule has 0 saturated heterocycles. The summed E-state index contributed by atoms with van der Waals surface area (Å²) in [5.74, 6) is -2.20. The number of fused-ring (bicyclic) bond motifs is 1. The maximum Gasteiger partial charge on any atom is 0.337 e. The normalized spacial score (nSPS) is 10.9. The summed E-state index contributed by atoms with van der Waals surface area (Å²) in [4.78, 5) is 28.4. The number of pyridine rings is 1. The Morgan fingerprint density at radius 1 is 1.31 bits per heavy atom. The Balaban J connectivity index is 2.02. The third kappa shape index (κ3) is 3.39. The average Bonchev–Trinajstić information content (AvgIpc) is 2.94. The first kappa shape index (κ1) is 17.9. The number of nitrogens with zero attached hydrogens (tertiary/aromatic N) is 2. The van der Waals surface area contributed by atoms with E-state index in [1.54, 1.807) is 0 Å². The van der Waals surface area contributed by atoms with Crippen molar-refractivity contribution in [2.24, 2.45) is 0 Å². The molecule has 8 heteroatoms. The lowest BCUT2D eigenvalue weighted by Crippen LogP contribution is -2.17. The highest BCUT2D eigenvalue weighted by Gasteiger charge is 2.20. The Hall–Kier alpha value is -2.93. The van der Waals surface area contributed by atoms with Crippen LogP contribution in [-0.2, 0) is 6.42 Å². The number of carbonyl (C=O) groups is 2. The van der Waals surface area contributed by atoms with Crippen LogP contribution in [0, 0.1) is 5.82 Å². The summed E-state index contributed by atoms with van der Waals surface area (Å²) in [5, 5.41) is 11.8. The smallest absolute Gasteiger partial charge is 0.337 e. The van der Waals surface area contributed by atoms with Crippen molar-refractivity contribution < 1.29 is 19.1 Å². The quantitative estimate of drug-likeness (QED) is 0.705. The van der Waals surface area contributed by atoms with Crippen LogP contribution in [0.25, 0.3) is 5.65 Å². The Morgan fingerprint density at radius 2 is 2.08 bits per heavy atom. The second-order valence-corrected chi connectivity index (χ2v) is 6.09. The number of rotatable bonds is 5. The van der Waals surface area contributed by atoms with Gasteiger partial charge in [-0.1, -0.05) is 24.9 Å². The van der Waals surface area contributed by atoms with Gasteiger partial charge in [-0.2, -0.15) is 0 Å². The van der Waals surface area contributed by atoms with Gasteiger partial charge in [0.2, 0.25) is 0 Å². The van der Waals surface area contributed by atoms with Crippen LogP contribution in [0.2, 0.25) is 5.02 Å². The van der Waals surface area contributed by atoms with Crippen molar-refractivity contribution in [2.45, 2.75) is 19.8 Å². The fraction of sp³-hybridized carbons (Fsp3) is 0.167. The van der Waals surface area contributed by atoms with Crippen LogP contribution in [0.4, 0.5) is 10.1 Å². The number of carboxylic acids is 1. The number of hydrogen-bond acceptors (Lipinski definition) is 3. The summed E-state index contributed by atoms with van der Waals surface area (Å²) in [6.07, 6.45) is 2.50. The fourth-order valence-electron chi connectivity index (χ4n) is 2.68. The molecule has 1 amide bonds. The van der Waals surface area contributed by atoms with E-state index in [9.17, 15) is 14.0 Å². The number of carbonyl (C=O) groups excluding carboxylic acids is 1. The second-order valence-electron chi connectivity index (χ2n) is 5.69. The molecular formula is C18H15ClFN3O3. The first-order valence-electron chi connectivity index (χ1n) is 7.91. The van der Waals surface area contributed by atoms with Gasteiger partial charge in [0.05, 0.1) is 16.3 Å². The maximum atomic E-state index is 13.6. The molecule has 2 N–H and O–H groups in total. The highest BCUT2D eigenvalue weighted by Crippen LogP contribution is 2.22. The third-order valence-electron chi connectivity index (χ3n) is 3.81. The number of carboxylic acid groups (broad SMARTS) is 1. The van der Waals surface area contributed by atoms with Crippen LogP contribution >= 0.6 is 11.6 Å². The van der Waals surface area contributed by atoms with Crippen molar-refractivity contribution in [3.63, 3.8) is 0 Å². The van der Waals surface area contributed by atoms with Gasteiger partial charge in [-0.3, -0.25) is 9.20 Å². The minimum Gasteiger partial charge on any atom is -0.478 e. The molecule has 0 radical (unpaired) electrons. The number of halogens is 2. The molecule has 0 aliphatic heterocycles. The number of nitrogens with one attached hydrogen (secondary N) is 1. The van der Waals surface area contributed by atoms with Crippen LogP contribution in [0.5, 0.6) is 0 Å². The molecule has 3 aromatic rings. The maximum absolute atomic E-state index is 13.6. The molecule has 0 unspecified atom stereocenters. The van der Waals surface area contributed by atoms with E-state index in [0.717, 1.165) is 6.42 Å². The largest absolute Gasteiger partial charge is 0.478 e. The van der Waals surface area contributed by atoms with E-state index in [2.05, 4.69) is 10.3 Å². The van der Waals surface area contributed by atoms with Crippen LogP contribution in [0.1, 0.15) is 39.9 Å². The van der Waals surface area contributed by atoms with Crippen molar-refractivity contribution in [3.8, 4) is 0 Å². The van der Waals surface area contributed by atoms with E-state index in [4.69, 9.17) is 16.7 Å². The van der Waals surface area contributed by atoms with Gasteiger partial charge in [-0.25, -0.2) is 14.2 Å². The summed E-state index contributed by atoms with van der Waals surface area (Å²) < 4.78 is 15.0. The van der Waals surface area contributed by atoms with E-state index in [0.29, 0.717) is 17.8 Å². The van der Waals surface area contributed by atoms with E-state index in [-0.39, 0.29) is 22.0 Å². The Labute approximate surface area is 153 Å². The number of aryl methyl sites for hydroxylation is 1. The molecule has 0 fully saturated rings. The van der Waals surface area contributed by atoms with Crippen LogP contribution in [0.3, 0.4) is 0 Å². The monoisotopic (exact) mass is 375 g/mol. The average molecular weight is 376 g/mol. The SMILES string of the molecule is CCCc1nc2ccc(F)cn2c1C(=O)Nc1ccc(Cl)c(C(=O)O)c1. The van der Waals surface area contributed by atoms with Gasteiger partial charge in [0, 0.05) is 11.9 Å². The zero-order valence-electron chi connectivity index (χ0n) is 13.8. The van der Waals surface area contributed by atoms with Crippen molar-refractivity contribution in [1.29, 1.82) is 0 Å². The molecule has 0 bridgehead atoms. The number of benzene rings is 1. The first-order chi connectivity index (χ1) is 12.4. The molecule has 0 saturated carbocycles. The molecule has 2 aromatic heterocycles. The Kier molecular flexibility index (Phi) is 4.90. The molecule has 0 aliphatic carbocycles. The fourth-order valence-corrected chi connectivity index (χ4v) is 2.87. The Bertz CT molecular complexity index is 1020. The number of hydrogen-bond donors (Lipinski definition) is 2. The van der Waals surface area contributed by atoms with Crippen molar-refractivity contribution in [2.75, 3.05) is 5.32 Å². The van der Waals surface area contributed by atoms with E-state index >= 15 is 0 Å². The zero-order chi connectivity index (χ0) is 18.8. The highest BCUT2D eigenvalue weighted by molar-refractivity contribution is 6.33. The molecule has 0 spiro atoms. The summed E-state index contributed by atoms with van der Waals surface area (Å²) in [6, 6.07) is 6.93. The molecule has 26 heavy (non-hydrogen) atoms. The topological polar surface area (TPSA) is 83.7 Å². The number of anilines is 1. The lowest BCUT2D eigenvalue weighted by Gasteiger charge is -2.08. The molecule has 0 atom stereocenters. The van der Waals surface area contributed by atoms with Gasteiger partial charge in [-0.15, -0.1) is 0 Å². The van der Waals surface area contributed by atoms with Gasteiger partial charge in [-0.05, 0) is 36.8 Å². The number of amides is 1. The summed E-state index contributed by atoms with van der Waals surface area (Å²) in [7, 11) is 0. The predicted molar refractivity (Wildman–Crippen MR) is 95.5 cm³/mol. The van der Waals surface area contributed by atoms with E-state index in [1.165, 1.54) is 40.9 Å². The van der Waals surface area contributed by atoms with Crippen LogP contribution in [-0.4, -0.2) is 26.4 Å². The highest BCUT2D eigenvalue weighted by atomic mass is 35.5. The summed E-state index contributed by atoms with van der Waals surface area (Å²) in [5.41, 5.74) is 1.37. The molecule has 2 heterocycles. The predicted octanol–water partition coefficient (Wildman–Crippen LogP) is 4.03. The Morgan fingerprint density at radius 3 is 2.77 bits per heavy atom. The van der Waals surface area contributed by atoms with Crippen LogP contribution in [0.15, 0.2) is 36.5 Å². The second kappa shape index (κ2) is 7.13. The summed E-state index contributed by atoms with van der Waals surface area (Å²) in [6.45, 7) is 1.95. The minimum atomic E-state index is -1.20. The third-order valence-corrected chi connectivity index (χ3v) is 4.14. The van der Waals surface area contributed by atoms with Gasteiger partial charge < -0.3 is 10.4 Å². The van der Waals surface area contributed by atoms with Gasteiger partial charge in [0.25, 0.3) is 5.91 Å². The first-order valence-corrected chi connectivity index (χ1v) is 8.29. The summed E-state index contributed by atoms with van der Waals surface area (Å²) >= 11 is 5.84. The van der Waals surface area contributed by atoms with Crippen molar-refractivity contribution >= 4 is 34.8 Å². The van der Waals surface area contributed by atoms with Gasteiger partial charge >= 0.3 is 5.97 Å². The lowest BCUT2D eigenvalue weighted by atomic mass is 10.1. The van der Waals surface area contributed by atoms with E-state index < -0.39 is 17.7 Å². The van der Waals surface area contributed by atoms with Crippen molar-refractivity contribution in [1.82, 2.24) is 9.38 Å². The minimum absolute atomic E-state index is 0.0686. The van der Waals surface area contributed by atoms with Crippen molar-refractivity contribution in [3.05, 3.63) is 64.3 Å². The lowest BCUT2D eigenvalue weighted by molar-refractivity contribution is 0.0696. The van der Waals surface area contributed by atoms with Gasteiger partial charge in [0.1, 0.15) is 17.2 Å². The molecule has 6 nitrogen and oxygen atoms in total. The number of aromatic carboxylic acids is 1. The molecule has 3 rings (SSSR count). The molecule has 1 aromatic carbocycles. The van der Waals surface area contributed by atoms with Crippen LogP contribution < -0.4 is 5.32 Å². The zero-order valence-corrected chi connectivity index (χ0v) is 14.5. The standard InChI is InChI=1S/C18H15ClFN3O3/c1-2-3-14-16(23-9-10(20)4-7-15(23)22-14)17(24)21-11-5-6-13(19)12(8-11)18(25)26/h4-9H,2-3H2,1H3,(H,21,24)(H,25,26). The molecule has 0 aliphatic rings. The van der Waals surface area contributed by atoms with Gasteiger partial charge in [0.15, 0.2) is 0 Å². The molecule has 134 valence electrons. The number of aromatic nitrogens is 2. The molecular weight excluding hydrogens is 361 g/mol.